The minimum Gasteiger partial charge on any atom is -0.468 e. The van der Waals surface area contributed by atoms with E-state index >= 15 is 0 Å². The predicted molar refractivity (Wildman–Crippen MR) is 107 cm³/mol. The van der Waals surface area contributed by atoms with E-state index in [1.165, 1.54) is 16.4 Å². The molecule has 1 heterocycles. The van der Waals surface area contributed by atoms with Gasteiger partial charge in [0.15, 0.2) is 0 Å². The van der Waals surface area contributed by atoms with Gasteiger partial charge in [-0.3, -0.25) is 4.90 Å². The van der Waals surface area contributed by atoms with Crippen LogP contribution in [0.15, 0.2) is 52.0 Å². The Morgan fingerprint density at radius 1 is 1.18 bits per heavy atom. The van der Waals surface area contributed by atoms with Crippen LogP contribution in [0.4, 0.5) is 10.5 Å². The summed E-state index contributed by atoms with van der Waals surface area (Å²) in [4.78, 5) is 14.4. The van der Waals surface area contributed by atoms with Gasteiger partial charge in [0.1, 0.15) is 5.76 Å². The maximum Gasteiger partial charge on any atom is 0.319 e. The van der Waals surface area contributed by atoms with Gasteiger partial charge >= 0.3 is 6.03 Å². The van der Waals surface area contributed by atoms with Gasteiger partial charge in [0.05, 0.1) is 17.2 Å². The molecule has 2 amide bonds. The Kier molecular flexibility index (Phi) is 6.07. The van der Waals surface area contributed by atoms with Crippen LogP contribution < -0.4 is 10.6 Å². The summed E-state index contributed by atoms with van der Waals surface area (Å²) < 4.78 is 31.9. The van der Waals surface area contributed by atoms with Crippen LogP contribution in [0, 0.1) is 0 Å². The molecule has 0 bridgehead atoms. The molecule has 1 fully saturated rings. The van der Waals surface area contributed by atoms with Crippen LogP contribution in [0.1, 0.15) is 24.6 Å². The molecule has 0 aliphatic heterocycles. The van der Waals surface area contributed by atoms with E-state index in [0.29, 0.717) is 12.2 Å². The van der Waals surface area contributed by atoms with Crippen molar-refractivity contribution in [2.24, 2.45) is 0 Å². The highest BCUT2D eigenvalue weighted by Gasteiger charge is 2.34. The number of carbonyl (C=O) groups is 1. The fourth-order valence-electron chi connectivity index (χ4n) is 2.89. The van der Waals surface area contributed by atoms with Gasteiger partial charge in [0.25, 0.3) is 0 Å². The van der Waals surface area contributed by atoms with Crippen molar-refractivity contribution in [3.8, 4) is 0 Å². The summed E-state index contributed by atoms with van der Waals surface area (Å²) in [5.74, 6) is 0.764. The van der Waals surface area contributed by atoms with Gasteiger partial charge in [0.2, 0.25) is 10.0 Å². The van der Waals surface area contributed by atoms with E-state index < -0.39 is 10.0 Å². The Labute approximate surface area is 165 Å². The Balaban J connectivity index is 1.57. The molecule has 1 aliphatic carbocycles. The average Bonchev–Trinajstić information content (AvgIpc) is 3.37. The predicted octanol–water partition coefficient (Wildman–Crippen LogP) is 2.49. The molecule has 152 valence electrons. The zero-order valence-corrected chi connectivity index (χ0v) is 17.1. The van der Waals surface area contributed by atoms with Crippen LogP contribution in [-0.2, 0) is 10.0 Å². The molecular formula is C19H26N4O4S. The summed E-state index contributed by atoms with van der Waals surface area (Å²) in [5, 5.41) is 5.53. The van der Waals surface area contributed by atoms with Gasteiger partial charge in [-0.15, -0.1) is 0 Å². The summed E-state index contributed by atoms with van der Waals surface area (Å²) in [5.41, 5.74) is 0.518. The average molecular weight is 407 g/mol. The standard InChI is InChI=1S/C19H26N4O4S/c1-22(2)17(18-5-4-12-27-18)13-20-19(24)21-14-6-10-16(11-7-14)28(25,26)23(3)15-8-9-15/h4-7,10-12,15,17H,8-9,13H2,1-3H3,(H2,20,21,24). The number of urea groups is 1. The number of amides is 2. The highest BCUT2D eigenvalue weighted by atomic mass is 32.2. The number of furan rings is 1. The Hall–Kier alpha value is -2.36. The van der Waals surface area contributed by atoms with Gasteiger partial charge in [-0.05, 0) is 63.3 Å². The number of hydrogen-bond acceptors (Lipinski definition) is 5. The summed E-state index contributed by atoms with van der Waals surface area (Å²) in [6.45, 7) is 0.366. The van der Waals surface area contributed by atoms with Crippen LogP contribution in [0.25, 0.3) is 0 Å². The maximum absolute atomic E-state index is 12.5. The third-order valence-electron chi connectivity index (χ3n) is 4.80. The van der Waals surface area contributed by atoms with E-state index in [0.717, 1.165) is 18.6 Å². The summed E-state index contributed by atoms with van der Waals surface area (Å²) >= 11 is 0. The minimum absolute atomic E-state index is 0.0915. The molecule has 2 aromatic rings. The zero-order valence-electron chi connectivity index (χ0n) is 16.3. The molecule has 28 heavy (non-hydrogen) atoms. The molecule has 1 saturated carbocycles. The maximum atomic E-state index is 12.5. The topological polar surface area (TPSA) is 94.9 Å². The summed E-state index contributed by atoms with van der Waals surface area (Å²) in [7, 11) is 1.93. The van der Waals surface area contributed by atoms with E-state index in [1.807, 2.05) is 31.1 Å². The second-order valence-electron chi connectivity index (χ2n) is 7.11. The van der Waals surface area contributed by atoms with Crippen molar-refractivity contribution in [1.82, 2.24) is 14.5 Å². The number of nitrogens with one attached hydrogen (secondary N) is 2. The van der Waals surface area contributed by atoms with Gasteiger partial charge in [-0.2, -0.15) is 4.31 Å². The van der Waals surface area contributed by atoms with Gasteiger partial charge in [0, 0.05) is 25.3 Å². The van der Waals surface area contributed by atoms with E-state index in [4.69, 9.17) is 4.42 Å². The van der Waals surface area contributed by atoms with Gasteiger partial charge in [-0.25, -0.2) is 13.2 Å². The Morgan fingerprint density at radius 3 is 2.39 bits per heavy atom. The summed E-state index contributed by atoms with van der Waals surface area (Å²) in [6, 6.07) is 9.50. The smallest absolute Gasteiger partial charge is 0.319 e. The number of nitrogens with zero attached hydrogens (tertiary/aromatic N) is 2. The normalized spacial score (nSPS) is 15.6. The largest absolute Gasteiger partial charge is 0.468 e. The monoisotopic (exact) mass is 406 g/mol. The van der Waals surface area contributed by atoms with Crippen molar-refractivity contribution in [3.05, 3.63) is 48.4 Å². The lowest BCUT2D eigenvalue weighted by atomic mass is 10.2. The van der Waals surface area contributed by atoms with Crippen molar-refractivity contribution in [2.45, 2.75) is 29.8 Å². The fraction of sp³-hybridized carbons (Fsp3) is 0.421. The number of sulfonamides is 1. The number of anilines is 1. The molecule has 1 atom stereocenters. The minimum atomic E-state index is -3.49. The number of hydrogen-bond donors (Lipinski definition) is 2. The van der Waals surface area contributed by atoms with Crippen LogP contribution >= 0.6 is 0 Å². The third kappa shape index (κ3) is 4.73. The van der Waals surface area contributed by atoms with Crippen LogP contribution in [-0.4, -0.2) is 57.4 Å². The Bertz CT molecular complexity index is 891. The molecule has 1 aromatic carbocycles. The molecule has 1 aromatic heterocycles. The van der Waals surface area contributed by atoms with Crippen molar-refractivity contribution in [1.29, 1.82) is 0 Å². The Morgan fingerprint density at radius 2 is 1.86 bits per heavy atom. The second kappa shape index (κ2) is 8.34. The summed E-state index contributed by atoms with van der Waals surface area (Å²) in [6.07, 6.45) is 3.41. The van der Waals surface area contributed by atoms with Gasteiger partial charge < -0.3 is 15.1 Å². The van der Waals surface area contributed by atoms with E-state index in [9.17, 15) is 13.2 Å². The van der Waals surface area contributed by atoms with Crippen molar-refractivity contribution < 1.29 is 17.6 Å². The lowest BCUT2D eigenvalue weighted by Crippen LogP contribution is -2.36. The zero-order chi connectivity index (χ0) is 20.3. The number of rotatable bonds is 8. The molecule has 8 nitrogen and oxygen atoms in total. The molecule has 1 aliphatic rings. The molecule has 1 unspecified atom stereocenters. The molecule has 0 radical (unpaired) electrons. The first kappa shape index (κ1) is 20.4. The van der Waals surface area contributed by atoms with Crippen molar-refractivity contribution in [2.75, 3.05) is 33.0 Å². The third-order valence-corrected chi connectivity index (χ3v) is 6.73. The number of carbonyl (C=O) groups excluding carboxylic acids is 1. The molecule has 2 N–H and O–H groups in total. The molecule has 3 rings (SSSR count). The quantitative estimate of drug-likeness (QED) is 0.702. The van der Waals surface area contributed by atoms with Gasteiger partial charge in [-0.1, -0.05) is 0 Å². The highest BCUT2D eigenvalue weighted by Crippen LogP contribution is 2.30. The lowest BCUT2D eigenvalue weighted by Gasteiger charge is -2.22. The lowest BCUT2D eigenvalue weighted by molar-refractivity contribution is 0.233. The first-order valence-electron chi connectivity index (χ1n) is 9.12. The molecular weight excluding hydrogens is 380 g/mol. The van der Waals surface area contributed by atoms with Crippen LogP contribution in [0.2, 0.25) is 0 Å². The van der Waals surface area contributed by atoms with Crippen LogP contribution in [0.5, 0.6) is 0 Å². The van der Waals surface area contributed by atoms with Crippen LogP contribution in [0.3, 0.4) is 0 Å². The highest BCUT2D eigenvalue weighted by molar-refractivity contribution is 7.89. The number of benzene rings is 1. The fourth-order valence-corrected chi connectivity index (χ4v) is 4.31. The molecule has 0 spiro atoms. The van der Waals surface area contributed by atoms with Crippen molar-refractivity contribution in [3.63, 3.8) is 0 Å². The second-order valence-corrected chi connectivity index (χ2v) is 9.10. The first-order chi connectivity index (χ1) is 13.3. The SMILES string of the molecule is CN(C)C(CNC(=O)Nc1ccc(S(=O)(=O)N(C)C2CC2)cc1)c1ccco1. The van der Waals surface area contributed by atoms with E-state index in [1.54, 1.807) is 25.4 Å². The van der Waals surface area contributed by atoms with E-state index in [-0.39, 0.29) is 23.0 Å². The van der Waals surface area contributed by atoms with E-state index in [2.05, 4.69) is 10.6 Å². The number of likely N-dealkylation sites (N-methyl/N-ethyl adjacent to an activating group) is 1. The molecule has 0 saturated heterocycles. The van der Waals surface area contributed by atoms with Crippen molar-refractivity contribution >= 4 is 21.7 Å². The first-order valence-corrected chi connectivity index (χ1v) is 10.6. The molecule has 9 heteroatoms.